The maximum Gasteiger partial charge on any atom is 0.243 e. The number of benzene rings is 2. The SMILES string of the molecule is Cc1cccc(N(C(=O)C[S@@](=O)CC(=O)Nc2ccc3c(c2)OCO3)[C@H](C)C(=O)NC2CCCC2)c1. The topological polar surface area (TPSA) is 114 Å². The number of aryl methyl sites for hydroxylation is 1. The van der Waals surface area contributed by atoms with Crippen molar-refractivity contribution in [3.05, 3.63) is 48.0 Å². The molecule has 3 amide bonds. The minimum atomic E-state index is -1.78. The van der Waals surface area contributed by atoms with Gasteiger partial charge in [0.05, 0.1) is 0 Å². The van der Waals surface area contributed by atoms with Crippen LogP contribution in [0.4, 0.5) is 11.4 Å². The van der Waals surface area contributed by atoms with Gasteiger partial charge in [0.1, 0.15) is 17.5 Å². The van der Waals surface area contributed by atoms with Crippen molar-refractivity contribution in [3.8, 4) is 11.5 Å². The highest BCUT2D eigenvalue weighted by Gasteiger charge is 2.30. The predicted octanol–water partition coefficient (Wildman–Crippen LogP) is 2.89. The van der Waals surface area contributed by atoms with Crippen LogP contribution in [0.2, 0.25) is 0 Å². The van der Waals surface area contributed by atoms with Gasteiger partial charge in [0.2, 0.25) is 24.5 Å². The molecule has 9 nitrogen and oxygen atoms in total. The average Bonchev–Trinajstić information content (AvgIpc) is 3.50. The summed E-state index contributed by atoms with van der Waals surface area (Å²) in [5, 5.41) is 5.71. The number of nitrogens with one attached hydrogen (secondary N) is 2. The molecule has 2 atom stereocenters. The molecule has 0 bridgehead atoms. The van der Waals surface area contributed by atoms with Crippen molar-refractivity contribution in [2.45, 2.75) is 51.6 Å². The van der Waals surface area contributed by atoms with Gasteiger partial charge in [-0.2, -0.15) is 0 Å². The van der Waals surface area contributed by atoms with Crippen molar-refractivity contribution in [3.63, 3.8) is 0 Å². The largest absolute Gasteiger partial charge is 0.454 e. The molecule has 2 aromatic rings. The number of ether oxygens (including phenoxy) is 2. The molecular weight excluding hydrogens is 482 g/mol. The average molecular weight is 514 g/mol. The summed E-state index contributed by atoms with van der Waals surface area (Å²) in [5.74, 6) is -0.859. The zero-order valence-electron chi connectivity index (χ0n) is 20.5. The second-order valence-electron chi connectivity index (χ2n) is 9.11. The predicted molar refractivity (Wildman–Crippen MR) is 138 cm³/mol. The van der Waals surface area contributed by atoms with Gasteiger partial charge in [-0.1, -0.05) is 25.0 Å². The van der Waals surface area contributed by atoms with Crippen molar-refractivity contribution in [1.82, 2.24) is 5.32 Å². The lowest BCUT2D eigenvalue weighted by Gasteiger charge is -2.29. The maximum absolute atomic E-state index is 13.3. The molecule has 192 valence electrons. The Kier molecular flexibility index (Phi) is 8.25. The van der Waals surface area contributed by atoms with Gasteiger partial charge in [-0.15, -0.1) is 0 Å². The number of hydrogen-bond donors (Lipinski definition) is 2. The van der Waals surface area contributed by atoms with E-state index >= 15 is 0 Å². The Hall–Kier alpha value is -3.40. The molecular formula is C26H31N3O6S. The van der Waals surface area contributed by atoms with Crippen molar-refractivity contribution < 1.29 is 28.1 Å². The minimum Gasteiger partial charge on any atom is -0.454 e. The van der Waals surface area contributed by atoms with Gasteiger partial charge in [0, 0.05) is 34.3 Å². The third-order valence-corrected chi connectivity index (χ3v) is 7.40. The summed E-state index contributed by atoms with van der Waals surface area (Å²) in [5.41, 5.74) is 1.96. The smallest absolute Gasteiger partial charge is 0.243 e. The van der Waals surface area contributed by atoms with Gasteiger partial charge in [-0.3, -0.25) is 23.5 Å². The molecule has 0 saturated heterocycles. The second kappa shape index (κ2) is 11.6. The van der Waals surface area contributed by atoms with E-state index in [1.54, 1.807) is 31.2 Å². The molecule has 2 N–H and O–H groups in total. The lowest BCUT2D eigenvalue weighted by molar-refractivity contribution is -0.125. The highest BCUT2D eigenvalue weighted by molar-refractivity contribution is 7.86. The van der Waals surface area contributed by atoms with E-state index in [-0.39, 0.29) is 30.2 Å². The first-order chi connectivity index (χ1) is 17.3. The number of rotatable bonds is 9. The number of hydrogen-bond acceptors (Lipinski definition) is 6. The van der Waals surface area contributed by atoms with Crippen LogP contribution < -0.4 is 25.0 Å². The van der Waals surface area contributed by atoms with Crippen LogP contribution in [0.3, 0.4) is 0 Å². The number of carbonyl (C=O) groups is 3. The van der Waals surface area contributed by atoms with Crippen LogP contribution in [-0.4, -0.2) is 52.3 Å². The summed E-state index contributed by atoms with van der Waals surface area (Å²) >= 11 is 0. The molecule has 36 heavy (non-hydrogen) atoms. The number of amides is 3. The molecule has 2 aliphatic rings. The summed E-state index contributed by atoms with van der Waals surface area (Å²) in [6, 6.07) is 11.5. The Bertz CT molecular complexity index is 1160. The Morgan fingerprint density at radius 1 is 1.06 bits per heavy atom. The summed E-state index contributed by atoms with van der Waals surface area (Å²) in [7, 11) is -1.78. The molecule has 0 aromatic heterocycles. The molecule has 1 heterocycles. The standard InChI is InChI=1S/C26H31N3O6S/c1-17-6-5-9-21(12-17)29(18(2)26(32)28-19-7-3-4-8-19)25(31)15-36(33)14-24(30)27-20-10-11-22-23(13-20)35-16-34-22/h5-6,9-13,18-19H,3-4,7-8,14-16H2,1-2H3,(H,27,30)(H,28,32)/t18-,36+/m1/s1. The zero-order valence-corrected chi connectivity index (χ0v) is 21.3. The Morgan fingerprint density at radius 2 is 1.81 bits per heavy atom. The Balaban J connectivity index is 1.40. The van der Waals surface area contributed by atoms with Crippen molar-refractivity contribution >= 4 is 39.9 Å². The summed E-state index contributed by atoms with van der Waals surface area (Å²) < 4.78 is 23.3. The fourth-order valence-electron chi connectivity index (χ4n) is 4.45. The van der Waals surface area contributed by atoms with E-state index in [4.69, 9.17) is 9.47 Å². The number of nitrogens with zero attached hydrogens (tertiary/aromatic N) is 1. The minimum absolute atomic E-state index is 0.114. The zero-order chi connectivity index (χ0) is 25.7. The molecule has 1 aliphatic carbocycles. The van der Waals surface area contributed by atoms with Crippen LogP contribution in [0.1, 0.15) is 38.2 Å². The van der Waals surface area contributed by atoms with E-state index in [9.17, 15) is 18.6 Å². The van der Waals surface area contributed by atoms with E-state index in [0.717, 1.165) is 31.2 Å². The van der Waals surface area contributed by atoms with E-state index in [1.165, 1.54) is 4.90 Å². The normalized spacial score (nSPS) is 16.3. The molecule has 1 aliphatic heterocycles. The molecule has 0 radical (unpaired) electrons. The molecule has 1 fully saturated rings. The Labute approximate surface area is 213 Å². The molecule has 0 spiro atoms. The first kappa shape index (κ1) is 25.7. The van der Waals surface area contributed by atoms with Crippen molar-refractivity contribution in [1.29, 1.82) is 0 Å². The lowest BCUT2D eigenvalue weighted by Crippen LogP contribution is -2.51. The van der Waals surface area contributed by atoms with E-state index in [0.29, 0.717) is 22.9 Å². The van der Waals surface area contributed by atoms with Crippen molar-refractivity contribution in [2.75, 3.05) is 28.5 Å². The summed E-state index contributed by atoms with van der Waals surface area (Å²) in [4.78, 5) is 40.1. The van der Waals surface area contributed by atoms with E-state index in [1.807, 2.05) is 25.1 Å². The second-order valence-corrected chi connectivity index (χ2v) is 10.6. The number of anilines is 2. The third-order valence-electron chi connectivity index (χ3n) is 6.25. The van der Waals surface area contributed by atoms with Crippen LogP contribution >= 0.6 is 0 Å². The van der Waals surface area contributed by atoms with Crippen molar-refractivity contribution in [2.24, 2.45) is 0 Å². The fraction of sp³-hybridized carbons (Fsp3) is 0.423. The number of fused-ring (bicyclic) bond motifs is 1. The lowest BCUT2D eigenvalue weighted by atomic mass is 10.1. The van der Waals surface area contributed by atoms with Crippen LogP contribution in [0.15, 0.2) is 42.5 Å². The quantitative estimate of drug-likeness (QED) is 0.533. The molecule has 2 aromatic carbocycles. The van der Waals surface area contributed by atoms with Crippen LogP contribution in [0, 0.1) is 6.92 Å². The van der Waals surface area contributed by atoms with Crippen LogP contribution in [-0.2, 0) is 25.2 Å². The fourth-order valence-corrected chi connectivity index (χ4v) is 5.33. The number of carbonyl (C=O) groups excluding carboxylic acids is 3. The van der Waals surface area contributed by atoms with Gasteiger partial charge in [0.15, 0.2) is 11.5 Å². The molecule has 4 rings (SSSR count). The summed E-state index contributed by atoms with van der Waals surface area (Å²) in [6.45, 7) is 3.68. The highest BCUT2D eigenvalue weighted by Crippen LogP contribution is 2.34. The maximum atomic E-state index is 13.3. The van der Waals surface area contributed by atoms with Gasteiger partial charge < -0.3 is 20.1 Å². The van der Waals surface area contributed by atoms with E-state index < -0.39 is 28.7 Å². The highest BCUT2D eigenvalue weighted by atomic mass is 32.2. The molecule has 0 unspecified atom stereocenters. The monoisotopic (exact) mass is 513 g/mol. The van der Waals surface area contributed by atoms with Crippen LogP contribution in [0.25, 0.3) is 0 Å². The first-order valence-electron chi connectivity index (χ1n) is 12.0. The Morgan fingerprint density at radius 3 is 2.56 bits per heavy atom. The van der Waals surface area contributed by atoms with E-state index in [2.05, 4.69) is 10.6 Å². The van der Waals surface area contributed by atoms with Gasteiger partial charge in [-0.05, 0) is 56.5 Å². The van der Waals surface area contributed by atoms with Gasteiger partial charge in [-0.25, -0.2) is 0 Å². The van der Waals surface area contributed by atoms with Crippen LogP contribution in [0.5, 0.6) is 11.5 Å². The first-order valence-corrected chi connectivity index (χ1v) is 13.5. The molecule has 1 saturated carbocycles. The molecule has 10 heteroatoms. The van der Waals surface area contributed by atoms with Gasteiger partial charge >= 0.3 is 0 Å². The third kappa shape index (κ3) is 6.42. The van der Waals surface area contributed by atoms with Gasteiger partial charge in [0.25, 0.3) is 0 Å². The summed E-state index contributed by atoms with van der Waals surface area (Å²) in [6.07, 6.45) is 4.01.